The molecule has 0 saturated heterocycles. The minimum Gasteiger partial charge on any atom is -0.665 e. The van der Waals surface area contributed by atoms with E-state index < -0.39 is 0 Å². The molecule has 0 amide bonds. The van der Waals surface area contributed by atoms with Gasteiger partial charge >= 0.3 is 0 Å². The molecule has 3 nitrogen and oxygen atoms in total. The number of hydrogen-bond donors (Lipinski definition) is 0. The summed E-state index contributed by atoms with van der Waals surface area (Å²) < 4.78 is 4.23. The van der Waals surface area contributed by atoms with Gasteiger partial charge in [-0.2, -0.15) is 7.05 Å². The van der Waals surface area contributed by atoms with E-state index in [2.05, 4.69) is 56.9 Å². The van der Waals surface area contributed by atoms with Gasteiger partial charge in [0.25, 0.3) is 0 Å². The van der Waals surface area contributed by atoms with Crippen molar-refractivity contribution in [2.45, 2.75) is 78.4 Å². The maximum Gasteiger partial charge on any atom is 0.139 e. The van der Waals surface area contributed by atoms with Crippen molar-refractivity contribution in [3.8, 4) is 0 Å². The Balaban J connectivity index is -0.000000321. The number of hydrogen-bond acceptors (Lipinski definition) is 0. The fourth-order valence-electron chi connectivity index (χ4n) is 2.46. The Labute approximate surface area is 172 Å². The van der Waals surface area contributed by atoms with Crippen molar-refractivity contribution < 1.29 is 37.4 Å². The Morgan fingerprint density at radius 3 is 1.91 bits per heavy atom. The van der Waals surface area contributed by atoms with Crippen LogP contribution in [0.4, 0.5) is 0 Å². The molecule has 4 heteroatoms. The van der Waals surface area contributed by atoms with Crippen LogP contribution < -0.4 is 0 Å². The SMILES string of the molecule is C[N-]CC(C)C1CCCC1.C[OH+]C(C)(C)C[N-]C(C)(C)C.[CH3-].[Y]. The summed E-state index contributed by atoms with van der Waals surface area (Å²) in [4.78, 5) is 0. The molecule has 1 aliphatic rings. The number of ether oxygens (including phenoxy) is 1. The number of nitrogens with zero attached hydrogens (tertiary/aromatic N) is 2. The average Bonchev–Trinajstić information content (AvgIpc) is 2.91. The summed E-state index contributed by atoms with van der Waals surface area (Å²) in [5, 5.41) is 8.69. The zero-order valence-corrected chi connectivity index (χ0v) is 20.2. The van der Waals surface area contributed by atoms with Crippen molar-refractivity contribution in [1.29, 1.82) is 0 Å². The van der Waals surface area contributed by atoms with E-state index in [4.69, 9.17) is 0 Å². The number of rotatable bonds is 6. The van der Waals surface area contributed by atoms with E-state index in [1.807, 2.05) is 14.2 Å². The molecule has 0 bridgehead atoms. The second-order valence-electron chi connectivity index (χ2n) is 8.04. The molecule has 139 valence electrons. The molecule has 1 unspecified atom stereocenters. The first kappa shape index (κ1) is 28.8. The van der Waals surface area contributed by atoms with Crippen LogP contribution >= 0.6 is 0 Å². The monoisotopic (exact) mass is 403 g/mol. The van der Waals surface area contributed by atoms with Crippen molar-refractivity contribution >= 4 is 0 Å². The third-order valence-corrected chi connectivity index (χ3v) is 4.22. The third-order valence-electron chi connectivity index (χ3n) is 4.22. The van der Waals surface area contributed by atoms with Crippen LogP contribution in [0.5, 0.6) is 0 Å². The molecule has 1 fully saturated rings. The molecule has 0 aliphatic heterocycles. The molecule has 1 aliphatic carbocycles. The summed E-state index contributed by atoms with van der Waals surface area (Å²) in [7, 11) is 3.77. The first-order valence-electron chi connectivity index (χ1n) is 8.46. The van der Waals surface area contributed by atoms with Crippen LogP contribution in [-0.4, -0.2) is 43.1 Å². The zero-order valence-electron chi connectivity index (χ0n) is 17.3. The Morgan fingerprint density at radius 2 is 1.57 bits per heavy atom. The van der Waals surface area contributed by atoms with Gasteiger partial charge in [0.2, 0.25) is 0 Å². The fourth-order valence-corrected chi connectivity index (χ4v) is 2.46. The Kier molecular flexibility index (Phi) is 17.7. The third kappa shape index (κ3) is 16.2. The van der Waals surface area contributed by atoms with E-state index in [1.165, 1.54) is 25.7 Å². The predicted octanol–water partition coefficient (Wildman–Crippen LogP) is 5.36. The second-order valence-corrected chi connectivity index (χ2v) is 8.04. The molecule has 23 heavy (non-hydrogen) atoms. The molecule has 0 heterocycles. The largest absolute Gasteiger partial charge is 0.665 e. The maximum atomic E-state index is 4.51. The molecular weight excluding hydrogens is 361 g/mol. The van der Waals surface area contributed by atoms with Crippen LogP contribution in [0.2, 0.25) is 0 Å². The van der Waals surface area contributed by atoms with Crippen molar-refractivity contribution in [3.05, 3.63) is 18.1 Å². The normalized spacial score (nSPS) is 16.7. The van der Waals surface area contributed by atoms with Crippen LogP contribution in [0.3, 0.4) is 0 Å². The molecule has 1 rings (SSSR count). The average molecular weight is 403 g/mol. The van der Waals surface area contributed by atoms with Crippen LogP contribution in [0.15, 0.2) is 0 Å². The standard InChI is InChI=1S/C9H20NO.C9H18N.CH3.Y/c1-8(2,3)10-7-9(4,5)11-6;1-8(7-10-2)9-5-3-4-6-9;;/h7H2,1-6H3;8-9H,3-7H2,1-2H3;1H3;/q3*-1;/p+1. The molecule has 1 saturated carbocycles. The van der Waals surface area contributed by atoms with Gasteiger partial charge in [0.05, 0.1) is 0 Å². The van der Waals surface area contributed by atoms with Crippen molar-refractivity contribution in [3.63, 3.8) is 0 Å². The van der Waals surface area contributed by atoms with E-state index in [1.54, 1.807) is 0 Å². The van der Waals surface area contributed by atoms with Gasteiger partial charge in [0.1, 0.15) is 12.7 Å². The fraction of sp³-hybridized carbons (Fsp3) is 0.947. The van der Waals surface area contributed by atoms with E-state index in [0.29, 0.717) is 0 Å². The Morgan fingerprint density at radius 1 is 1.09 bits per heavy atom. The van der Waals surface area contributed by atoms with Gasteiger partial charge in [-0.15, -0.1) is 12.1 Å². The molecule has 1 radical (unpaired) electrons. The molecule has 1 N–H and O–H groups in total. The van der Waals surface area contributed by atoms with Crippen LogP contribution in [0, 0.1) is 19.3 Å². The second kappa shape index (κ2) is 14.2. The summed E-state index contributed by atoms with van der Waals surface area (Å²) >= 11 is 0. The van der Waals surface area contributed by atoms with Gasteiger partial charge in [-0.05, 0) is 5.92 Å². The number of aliphatic hydroxyl groups is 2. The van der Waals surface area contributed by atoms with E-state index in [9.17, 15) is 0 Å². The van der Waals surface area contributed by atoms with E-state index in [-0.39, 0.29) is 51.3 Å². The van der Waals surface area contributed by atoms with Crippen molar-refractivity contribution in [1.82, 2.24) is 0 Å². The van der Waals surface area contributed by atoms with Gasteiger partial charge in [0, 0.05) is 46.6 Å². The molecule has 0 aromatic heterocycles. The van der Waals surface area contributed by atoms with E-state index in [0.717, 1.165) is 24.9 Å². The summed E-state index contributed by atoms with van der Waals surface area (Å²) in [5.74, 6) is 1.83. The quantitative estimate of drug-likeness (QED) is 0.423. The predicted molar refractivity (Wildman–Crippen MR) is 102 cm³/mol. The molecular formula is C19H42N2OY-2. The topological polar surface area (TPSA) is 41.0 Å². The minimum absolute atomic E-state index is 0. The summed E-state index contributed by atoms with van der Waals surface area (Å²) in [6, 6.07) is 0. The van der Waals surface area contributed by atoms with Crippen molar-refractivity contribution in [2.75, 3.05) is 27.2 Å². The molecule has 0 aromatic carbocycles. The van der Waals surface area contributed by atoms with Crippen LogP contribution in [0.1, 0.15) is 67.2 Å². The van der Waals surface area contributed by atoms with Gasteiger partial charge < -0.3 is 22.8 Å². The zero-order chi connectivity index (χ0) is 16.5. The van der Waals surface area contributed by atoms with Gasteiger partial charge in [-0.1, -0.05) is 65.8 Å². The Bertz CT molecular complexity index is 259. The van der Waals surface area contributed by atoms with Crippen LogP contribution in [0.25, 0.3) is 10.6 Å². The van der Waals surface area contributed by atoms with Gasteiger partial charge in [-0.25, -0.2) is 0 Å². The first-order valence-corrected chi connectivity index (χ1v) is 8.46. The molecule has 0 aromatic rings. The minimum atomic E-state index is 0. The summed E-state index contributed by atoms with van der Waals surface area (Å²) in [6.45, 7) is 14.8. The molecule has 1 atom stereocenters. The summed E-state index contributed by atoms with van der Waals surface area (Å²) in [5.41, 5.74) is 0.0786. The molecule has 0 spiro atoms. The Hall–Kier alpha value is 0.984. The van der Waals surface area contributed by atoms with Gasteiger partial charge in [0.15, 0.2) is 0 Å². The smallest absolute Gasteiger partial charge is 0.139 e. The van der Waals surface area contributed by atoms with Crippen molar-refractivity contribution in [2.24, 2.45) is 11.8 Å². The van der Waals surface area contributed by atoms with Crippen LogP contribution in [-0.2, 0) is 32.7 Å². The maximum absolute atomic E-state index is 4.51. The first-order chi connectivity index (χ1) is 9.61. The van der Waals surface area contributed by atoms with E-state index >= 15 is 0 Å². The summed E-state index contributed by atoms with van der Waals surface area (Å²) in [6.07, 6.45) is 5.82. The van der Waals surface area contributed by atoms with Gasteiger partial charge in [-0.3, -0.25) is 0 Å².